The number of fused-ring (bicyclic) bond motifs is 1. The number of para-hydroxylation sites is 1. The number of hydrogen-bond donors (Lipinski definition) is 0. The molecule has 0 aromatic heterocycles. The van der Waals surface area contributed by atoms with Crippen molar-refractivity contribution in [2.24, 2.45) is 0 Å². The van der Waals surface area contributed by atoms with Crippen molar-refractivity contribution >= 4 is 21.5 Å². The number of carbonyl (C=O) groups is 1. The Morgan fingerprint density at radius 1 is 1.09 bits per heavy atom. The van der Waals surface area contributed by atoms with E-state index >= 15 is 0 Å². The van der Waals surface area contributed by atoms with Gasteiger partial charge >= 0.3 is 0 Å². The number of hydrogen-bond acceptors (Lipinski definition) is 3. The second kappa shape index (κ2) is 5.25. The molecule has 0 radical (unpaired) electrons. The molecule has 2 aromatic carbocycles. The molecule has 0 saturated carbocycles. The second-order valence-corrected chi connectivity index (χ2v) is 7.43. The summed E-state index contributed by atoms with van der Waals surface area (Å²) in [6, 6.07) is 14.0. The Balaban J connectivity index is 2.09. The zero-order valence-electron chi connectivity index (χ0n) is 12.5. The number of aryl methyl sites for hydroxylation is 1. The van der Waals surface area contributed by atoms with Crippen LogP contribution in [0.3, 0.4) is 0 Å². The zero-order chi connectivity index (χ0) is 15.9. The lowest BCUT2D eigenvalue weighted by Gasteiger charge is -2.20. The predicted molar refractivity (Wildman–Crippen MR) is 85.6 cm³/mol. The Labute approximate surface area is 130 Å². The molecule has 2 aromatic rings. The summed E-state index contributed by atoms with van der Waals surface area (Å²) in [7, 11) is -3.65. The van der Waals surface area contributed by atoms with E-state index < -0.39 is 15.9 Å². The summed E-state index contributed by atoms with van der Waals surface area (Å²) in [5.41, 5.74) is 2.39. The molecular weight excluding hydrogens is 298 g/mol. The first-order valence-corrected chi connectivity index (χ1v) is 8.54. The Morgan fingerprint density at radius 2 is 1.73 bits per heavy atom. The van der Waals surface area contributed by atoms with Gasteiger partial charge in [0.15, 0.2) is 0 Å². The Bertz CT molecular complexity index is 825. The van der Waals surface area contributed by atoms with E-state index in [1.165, 1.54) is 11.2 Å². The van der Waals surface area contributed by atoms with Crippen molar-refractivity contribution < 1.29 is 13.2 Å². The molecule has 0 fully saturated rings. The quantitative estimate of drug-likeness (QED) is 0.875. The molecule has 0 spiro atoms. The number of carbonyl (C=O) groups excluding carboxylic acids is 1. The molecule has 22 heavy (non-hydrogen) atoms. The van der Waals surface area contributed by atoms with E-state index in [2.05, 4.69) is 0 Å². The molecule has 5 heteroatoms. The van der Waals surface area contributed by atoms with Crippen LogP contribution in [-0.4, -0.2) is 20.7 Å². The van der Waals surface area contributed by atoms with Crippen molar-refractivity contribution in [3.05, 3.63) is 59.7 Å². The van der Waals surface area contributed by atoms with E-state index in [4.69, 9.17) is 0 Å². The number of sulfonamides is 1. The van der Waals surface area contributed by atoms with Gasteiger partial charge < -0.3 is 0 Å². The van der Waals surface area contributed by atoms with E-state index in [1.807, 2.05) is 19.1 Å². The maximum Gasteiger partial charge on any atom is 0.264 e. The van der Waals surface area contributed by atoms with Gasteiger partial charge in [-0.15, -0.1) is 0 Å². The summed E-state index contributed by atoms with van der Waals surface area (Å²) >= 11 is 0. The highest BCUT2D eigenvalue weighted by molar-refractivity contribution is 7.92. The third kappa shape index (κ3) is 2.31. The molecule has 1 aliphatic rings. The minimum Gasteiger partial charge on any atom is -0.299 e. The average Bonchev–Trinajstić information content (AvgIpc) is 2.88. The fourth-order valence-electron chi connectivity index (χ4n) is 2.78. The fourth-order valence-corrected chi connectivity index (χ4v) is 4.29. The smallest absolute Gasteiger partial charge is 0.264 e. The monoisotopic (exact) mass is 315 g/mol. The van der Waals surface area contributed by atoms with Crippen LogP contribution in [-0.2, 0) is 14.8 Å². The van der Waals surface area contributed by atoms with Gasteiger partial charge in [0, 0.05) is 6.54 Å². The minimum atomic E-state index is -3.65. The molecule has 0 saturated heterocycles. The Kier molecular flexibility index (Phi) is 3.53. The van der Waals surface area contributed by atoms with Gasteiger partial charge in [-0.1, -0.05) is 35.9 Å². The molecule has 0 amide bonds. The molecule has 3 rings (SSSR count). The van der Waals surface area contributed by atoms with Gasteiger partial charge in [-0.05, 0) is 37.6 Å². The first-order valence-electron chi connectivity index (χ1n) is 7.10. The summed E-state index contributed by atoms with van der Waals surface area (Å²) in [5, 5.41) is 0. The van der Waals surface area contributed by atoms with Crippen LogP contribution in [0.4, 0.5) is 5.69 Å². The standard InChI is InChI=1S/C17H17NO3S/c1-12-7-9-14(10-8-12)22(20,21)18-11-16(13(2)19)15-5-3-4-6-17(15)18/h3-10,16H,11H2,1-2H3. The maximum atomic E-state index is 12.9. The van der Waals surface area contributed by atoms with Gasteiger partial charge in [-0.2, -0.15) is 0 Å². The molecule has 4 nitrogen and oxygen atoms in total. The van der Waals surface area contributed by atoms with Gasteiger partial charge in [0.05, 0.1) is 16.5 Å². The van der Waals surface area contributed by atoms with Crippen LogP contribution in [0.15, 0.2) is 53.4 Å². The van der Waals surface area contributed by atoms with Crippen molar-refractivity contribution in [1.29, 1.82) is 0 Å². The van der Waals surface area contributed by atoms with Crippen molar-refractivity contribution in [2.45, 2.75) is 24.7 Å². The van der Waals surface area contributed by atoms with Crippen LogP contribution in [0.2, 0.25) is 0 Å². The van der Waals surface area contributed by atoms with Crippen LogP contribution in [0, 0.1) is 6.92 Å². The van der Waals surface area contributed by atoms with E-state index in [-0.39, 0.29) is 17.2 Å². The normalized spacial score (nSPS) is 17.4. The van der Waals surface area contributed by atoms with Crippen molar-refractivity contribution in [3.63, 3.8) is 0 Å². The SMILES string of the molecule is CC(=O)C1CN(S(=O)(=O)c2ccc(C)cc2)c2ccccc21. The lowest BCUT2D eigenvalue weighted by molar-refractivity contribution is -0.118. The number of anilines is 1. The number of Topliss-reactive ketones (excluding diaryl/α,β-unsaturated/α-hetero) is 1. The molecule has 0 bridgehead atoms. The summed E-state index contributed by atoms with van der Waals surface area (Å²) < 4.78 is 27.1. The molecule has 0 N–H and O–H groups in total. The van der Waals surface area contributed by atoms with E-state index in [1.54, 1.807) is 36.4 Å². The van der Waals surface area contributed by atoms with E-state index in [9.17, 15) is 13.2 Å². The van der Waals surface area contributed by atoms with E-state index in [0.29, 0.717) is 5.69 Å². The second-order valence-electron chi connectivity index (χ2n) is 5.57. The Hall–Kier alpha value is -2.14. The first-order chi connectivity index (χ1) is 10.4. The van der Waals surface area contributed by atoms with Crippen LogP contribution in [0.25, 0.3) is 0 Å². The number of benzene rings is 2. The van der Waals surface area contributed by atoms with Crippen LogP contribution in [0.1, 0.15) is 24.0 Å². The third-order valence-corrected chi connectivity index (χ3v) is 5.82. The van der Waals surface area contributed by atoms with Crippen LogP contribution < -0.4 is 4.31 Å². The third-order valence-electron chi connectivity index (χ3n) is 4.03. The van der Waals surface area contributed by atoms with Crippen LogP contribution >= 0.6 is 0 Å². The Morgan fingerprint density at radius 3 is 2.36 bits per heavy atom. The maximum absolute atomic E-state index is 12.9. The zero-order valence-corrected chi connectivity index (χ0v) is 13.3. The highest BCUT2D eigenvalue weighted by atomic mass is 32.2. The molecule has 1 atom stereocenters. The van der Waals surface area contributed by atoms with Gasteiger partial charge in [-0.3, -0.25) is 9.10 Å². The van der Waals surface area contributed by atoms with Gasteiger partial charge in [-0.25, -0.2) is 8.42 Å². The predicted octanol–water partition coefficient (Wildman–Crippen LogP) is 2.88. The van der Waals surface area contributed by atoms with Crippen molar-refractivity contribution in [2.75, 3.05) is 10.8 Å². The topological polar surface area (TPSA) is 54.5 Å². The highest BCUT2D eigenvalue weighted by Crippen LogP contribution is 2.39. The summed E-state index contributed by atoms with van der Waals surface area (Å²) in [4.78, 5) is 12.1. The fraction of sp³-hybridized carbons (Fsp3) is 0.235. The summed E-state index contributed by atoms with van der Waals surface area (Å²) in [6.45, 7) is 3.58. The van der Waals surface area contributed by atoms with Crippen molar-refractivity contribution in [3.8, 4) is 0 Å². The summed E-state index contributed by atoms with van der Waals surface area (Å²) in [6.07, 6.45) is 0. The lowest BCUT2D eigenvalue weighted by atomic mass is 9.98. The van der Waals surface area contributed by atoms with Gasteiger partial charge in [0.25, 0.3) is 10.0 Å². The first kappa shape index (κ1) is 14.8. The number of ketones is 1. The number of nitrogens with zero attached hydrogens (tertiary/aromatic N) is 1. The van der Waals surface area contributed by atoms with Crippen molar-refractivity contribution in [1.82, 2.24) is 0 Å². The molecule has 1 unspecified atom stereocenters. The lowest BCUT2D eigenvalue weighted by Crippen LogP contribution is -2.31. The van der Waals surface area contributed by atoms with E-state index in [0.717, 1.165) is 11.1 Å². The largest absolute Gasteiger partial charge is 0.299 e. The van der Waals surface area contributed by atoms with Gasteiger partial charge in [0.2, 0.25) is 0 Å². The molecular formula is C17H17NO3S. The average molecular weight is 315 g/mol. The van der Waals surface area contributed by atoms with Gasteiger partial charge in [0.1, 0.15) is 5.78 Å². The highest BCUT2D eigenvalue weighted by Gasteiger charge is 2.38. The molecule has 1 aliphatic heterocycles. The molecule has 114 valence electrons. The van der Waals surface area contributed by atoms with Crippen LogP contribution in [0.5, 0.6) is 0 Å². The summed E-state index contributed by atoms with van der Waals surface area (Å²) in [5.74, 6) is -0.412. The molecule has 1 heterocycles. The molecule has 0 aliphatic carbocycles. The number of rotatable bonds is 3. The minimum absolute atomic E-state index is 0.0194.